The molecule has 112 valence electrons. The third-order valence-corrected chi connectivity index (χ3v) is 3.30. The Hall–Kier alpha value is -2.38. The molecule has 0 saturated carbocycles. The molecule has 0 unspecified atom stereocenters. The van der Waals surface area contributed by atoms with Crippen LogP contribution in [0.5, 0.6) is 0 Å². The molecule has 0 saturated heterocycles. The Bertz CT molecular complexity index is 843. The summed E-state index contributed by atoms with van der Waals surface area (Å²) >= 11 is 11.8. The van der Waals surface area contributed by atoms with Gasteiger partial charge in [-0.1, -0.05) is 28.3 Å². The first-order valence-electron chi connectivity index (χ1n) is 6.13. The molecule has 3 rings (SSSR count). The van der Waals surface area contributed by atoms with Crippen molar-refractivity contribution in [3.63, 3.8) is 0 Å². The van der Waals surface area contributed by atoms with E-state index in [-0.39, 0.29) is 22.5 Å². The number of benzene rings is 1. The zero-order valence-corrected chi connectivity index (χ0v) is 12.8. The molecule has 0 radical (unpaired) electrons. The van der Waals surface area contributed by atoms with E-state index in [4.69, 9.17) is 27.6 Å². The largest absolute Gasteiger partial charge is 0.401 e. The van der Waals surface area contributed by atoms with Crippen molar-refractivity contribution in [2.24, 2.45) is 7.05 Å². The molecule has 0 atom stereocenters. The van der Waals surface area contributed by atoms with Crippen LogP contribution in [0.25, 0.3) is 11.6 Å². The number of hydrogen-bond acceptors (Lipinski definition) is 5. The number of aromatic nitrogens is 4. The van der Waals surface area contributed by atoms with Crippen LogP contribution in [0.4, 0.5) is 6.01 Å². The number of amides is 1. The van der Waals surface area contributed by atoms with Crippen LogP contribution < -0.4 is 5.32 Å². The van der Waals surface area contributed by atoms with Gasteiger partial charge in [0.15, 0.2) is 0 Å². The average Bonchev–Trinajstić information content (AvgIpc) is 3.07. The number of aryl methyl sites for hydroxylation is 1. The minimum Gasteiger partial charge on any atom is -0.401 e. The maximum atomic E-state index is 12.1. The number of carbonyl (C=O) groups excluding carboxylic acids is 1. The lowest BCUT2D eigenvalue weighted by Gasteiger charge is -2.03. The molecule has 1 aromatic carbocycles. The van der Waals surface area contributed by atoms with Crippen molar-refractivity contribution < 1.29 is 9.21 Å². The van der Waals surface area contributed by atoms with E-state index in [0.717, 1.165) is 0 Å². The SMILES string of the molecule is Cn1ccc(-c2nnc(NC(=O)c3ccc(Cl)cc3Cl)o2)n1. The third kappa shape index (κ3) is 2.95. The van der Waals surface area contributed by atoms with Crippen LogP contribution in [0.2, 0.25) is 10.0 Å². The van der Waals surface area contributed by atoms with Gasteiger partial charge in [0.2, 0.25) is 0 Å². The number of rotatable bonds is 3. The quantitative estimate of drug-likeness (QED) is 0.793. The number of nitrogens with one attached hydrogen (secondary N) is 1. The molecule has 1 amide bonds. The van der Waals surface area contributed by atoms with Gasteiger partial charge < -0.3 is 4.42 Å². The summed E-state index contributed by atoms with van der Waals surface area (Å²) in [6.07, 6.45) is 1.74. The number of carbonyl (C=O) groups is 1. The van der Waals surface area contributed by atoms with Crippen LogP contribution in [0.1, 0.15) is 10.4 Å². The summed E-state index contributed by atoms with van der Waals surface area (Å²) in [5, 5.41) is 14.8. The Morgan fingerprint density at radius 3 is 2.77 bits per heavy atom. The van der Waals surface area contributed by atoms with E-state index in [0.29, 0.717) is 10.7 Å². The van der Waals surface area contributed by atoms with Crippen molar-refractivity contribution in [3.8, 4) is 11.6 Å². The zero-order chi connectivity index (χ0) is 15.7. The summed E-state index contributed by atoms with van der Waals surface area (Å²) in [5.41, 5.74) is 0.767. The predicted molar refractivity (Wildman–Crippen MR) is 80.9 cm³/mol. The van der Waals surface area contributed by atoms with Crippen molar-refractivity contribution in [2.45, 2.75) is 0 Å². The van der Waals surface area contributed by atoms with Crippen LogP contribution in [-0.4, -0.2) is 25.9 Å². The van der Waals surface area contributed by atoms with Gasteiger partial charge in [0.1, 0.15) is 5.69 Å². The Morgan fingerprint density at radius 2 is 2.09 bits per heavy atom. The monoisotopic (exact) mass is 337 g/mol. The number of hydrogen-bond donors (Lipinski definition) is 1. The summed E-state index contributed by atoms with van der Waals surface area (Å²) in [6.45, 7) is 0. The van der Waals surface area contributed by atoms with Crippen LogP contribution >= 0.6 is 23.2 Å². The van der Waals surface area contributed by atoms with Gasteiger partial charge >= 0.3 is 6.01 Å². The van der Waals surface area contributed by atoms with Gasteiger partial charge in [-0.25, -0.2) is 0 Å². The highest BCUT2D eigenvalue weighted by Gasteiger charge is 2.16. The number of halogens is 2. The Labute approximate surface area is 134 Å². The highest BCUT2D eigenvalue weighted by Crippen LogP contribution is 2.22. The van der Waals surface area contributed by atoms with Gasteiger partial charge in [0, 0.05) is 18.3 Å². The van der Waals surface area contributed by atoms with E-state index < -0.39 is 5.91 Å². The van der Waals surface area contributed by atoms with Crippen molar-refractivity contribution in [1.29, 1.82) is 0 Å². The van der Waals surface area contributed by atoms with Crippen LogP contribution in [0.15, 0.2) is 34.9 Å². The van der Waals surface area contributed by atoms with Gasteiger partial charge in [0.25, 0.3) is 11.8 Å². The Morgan fingerprint density at radius 1 is 1.27 bits per heavy atom. The fraction of sp³-hybridized carbons (Fsp3) is 0.0769. The Balaban J connectivity index is 1.79. The molecule has 2 heterocycles. The topological polar surface area (TPSA) is 85.8 Å². The second kappa shape index (κ2) is 5.78. The van der Waals surface area contributed by atoms with E-state index in [2.05, 4.69) is 20.6 Å². The molecular formula is C13H9Cl2N5O2. The molecule has 2 aromatic heterocycles. The minimum atomic E-state index is -0.474. The minimum absolute atomic E-state index is 0.0448. The maximum Gasteiger partial charge on any atom is 0.322 e. The molecule has 0 aliphatic heterocycles. The van der Waals surface area contributed by atoms with Crippen molar-refractivity contribution in [1.82, 2.24) is 20.0 Å². The number of nitrogens with zero attached hydrogens (tertiary/aromatic N) is 4. The summed E-state index contributed by atoms with van der Waals surface area (Å²) < 4.78 is 6.94. The lowest BCUT2D eigenvalue weighted by atomic mass is 10.2. The summed E-state index contributed by atoms with van der Waals surface area (Å²) in [4.78, 5) is 12.1. The second-order valence-corrected chi connectivity index (χ2v) is 5.21. The molecular weight excluding hydrogens is 329 g/mol. The van der Waals surface area contributed by atoms with E-state index in [1.165, 1.54) is 12.1 Å². The normalized spacial score (nSPS) is 10.7. The van der Waals surface area contributed by atoms with Gasteiger partial charge in [-0.2, -0.15) is 5.10 Å². The first kappa shape index (κ1) is 14.6. The fourth-order valence-electron chi connectivity index (χ4n) is 1.74. The first-order chi connectivity index (χ1) is 10.5. The average molecular weight is 338 g/mol. The molecule has 3 aromatic rings. The lowest BCUT2D eigenvalue weighted by Crippen LogP contribution is -2.12. The van der Waals surface area contributed by atoms with E-state index >= 15 is 0 Å². The van der Waals surface area contributed by atoms with Crippen LogP contribution in [0, 0.1) is 0 Å². The van der Waals surface area contributed by atoms with Gasteiger partial charge in [-0.3, -0.25) is 14.8 Å². The maximum absolute atomic E-state index is 12.1. The smallest absolute Gasteiger partial charge is 0.322 e. The van der Waals surface area contributed by atoms with Gasteiger partial charge in [-0.15, -0.1) is 5.10 Å². The molecule has 1 N–H and O–H groups in total. The summed E-state index contributed by atoms with van der Waals surface area (Å²) in [6, 6.07) is 6.22. The van der Waals surface area contributed by atoms with Crippen LogP contribution in [0.3, 0.4) is 0 Å². The Kier molecular flexibility index (Phi) is 3.82. The molecule has 0 fully saturated rings. The predicted octanol–water partition coefficient (Wildman–Crippen LogP) is 3.03. The van der Waals surface area contributed by atoms with Gasteiger partial charge in [0.05, 0.1) is 10.6 Å². The molecule has 7 nitrogen and oxygen atoms in total. The number of anilines is 1. The van der Waals surface area contributed by atoms with Crippen molar-refractivity contribution >= 4 is 35.1 Å². The van der Waals surface area contributed by atoms with Crippen molar-refractivity contribution in [3.05, 3.63) is 46.1 Å². The standard InChI is InChI=1S/C13H9Cl2N5O2/c1-20-5-4-10(19-20)12-17-18-13(22-12)16-11(21)8-3-2-7(14)6-9(8)15/h2-6H,1H3,(H,16,18,21). The third-order valence-electron chi connectivity index (χ3n) is 2.75. The van der Waals surface area contributed by atoms with Crippen molar-refractivity contribution in [2.75, 3.05) is 5.32 Å². The molecule has 22 heavy (non-hydrogen) atoms. The van der Waals surface area contributed by atoms with E-state index in [1.807, 2.05) is 0 Å². The summed E-state index contributed by atoms with van der Waals surface area (Å²) in [5.74, 6) is -0.268. The van der Waals surface area contributed by atoms with E-state index in [9.17, 15) is 4.79 Å². The highest BCUT2D eigenvalue weighted by molar-refractivity contribution is 6.37. The first-order valence-corrected chi connectivity index (χ1v) is 6.88. The molecule has 0 aliphatic rings. The highest BCUT2D eigenvalue weighted by atomic mass is 35.5. The second-order valence-electron chi connectivity index (χ2n) is 4.37. The van der Waals surface area contributed by atoms with Crippen LogP contribution in [-0.2, 0) is 7.05 Å². The molecule has 9 heteroatoms. The van der Waals surface area contributed by atoms with E-state index in [1.54, 1.807) is 30.1 Å². The molecule has 0 spiro atoms. The fourth-order valence-corrected chi connectivity index (χ4v) is 2.24. The molecule has 0 aliphatic carbocycles. The molecule has 0 bridgehead atoms. The van der Waals surface area contributed by atoms with Gasteiger partial charge in [-0.05, 0) is 24.3 Å². The summed E-state index contributed by atoms with van der Waals surface area (Å²) in [7, 11) is 1.77. The lowest BCUT2D eigenvalue weighted by molar-refractivity contribution is 0.102. The zero-order valence-electron chi connectivity index (χ0n) is 11.2.